The van der Waals surface area contributed by atoms with E-state index in [0.717, 1.165) is 0 Å². The summed E-state index contributed by atoms with van der Waals surface area (Å²) in [6, 6.07) is 0. The van der Waals surface area contributed by atoms with E-state index >= 15 is 0 Å². The van der Waals surface area contributed by atoms with Gasteiger partial charge in [0, 0.05) is 0 Å². The molecule has 3 N–H and O–H groups in total. The fraction of sp³-hybridized carbons (Fsp3) is 0.333. The van der Waals surface area contributed by atoms with Gasteiger partial charge in [-0.1, -0.05) is 12.2 Å². The van der Waals surface area contributed by atoms with E-state index in [1.54, 1.807) is 12.2 Å². The molecule has 0 unspecified atom stereocenters. The van der Waals surface area contributed by atoms with Crippen LogP contribution in [0.5, 0.6) is 0 Å². The van der Waals surface area contributed by atoms with Gasteiger partial charge in [0.25, 0.3) is 0 Å². The van der Waals surface area contributed by atoms with E-state index in [1.165, 1.54) is 0 Å². The van der Waals surface area contributed by atoms with E-state index in [4.69, 9.17) is 4.74 Å². The molecule has 0 aromatic heterocycles. The summed E-state index contributed by atoms with van der Waals surface area (Å²) in [6.45, 7) is 8.18. The lowest BCUT2D eigenvalue weighted by molar-refractivity contribution is 0.194. The smallest absolute Gasteiger partial charge is 0.0649 e. The minimum absolute atomic E-state index is 0. The molecule has 3 heteroatoms. The zero-order valence-corrected chi connectivity index (χ0v) is 6.32. The number of ether oxygens (including phenoxy) is 1. The first kappa shape index (κ1) is 15.9. The van der Waals surface area contributed by atoms with Crippen molar-refractivity contribution in [2.24, 2.45) is 0 Å². The Morgan fingerprint density at radius 1 is 1.11 bits per heavy atom. The standard InChI is InChI=1S/C6H10O.ClH.H3N/c1-3-5-7-6-4-2;;/h3-4H,1-2,5-6H2;1H;1H3. The van der Waals surface area contributed by atoms with Crippen molar-refractivity contribution in [3.63, 3.8) is 0 Å². The van der Waals surface area contributed by atoms with Crippen LogP contribution in [0.4, 0.5) is 0 Å². The summed E-state index contributed by atoms with van der Waals surface area (Å²) in [5, 5.41) is 0. The van der Waals surface area contributed by atoms with Gasteiger partial charge in [0.2, 0.25) is 0 Å². The molecule has 0 radical (unpaired) electrons. The lowest BCUT2D eigenvalue weighted by Crippen LogP contribution is -1.87. The van der Waals surface area contributed by atoms with Gasteiger partial charge in [-0.2, -0.15) is 0 Å². The van der Waals surface area contributed by atoms with Gasteiger partial charge < -0.3 is 10.9 Å². The quantitative estimate of drug-likeness (QED) is 0.493. The van der Waals surface area contributed by atoms with Crippen LogP contribution in [0.3, 0.4) is 0 Å². The van der Waals surface area contributed by atoms with Gasteiger partial charge in [0.15, 0.2) is 0 Å². The SMILES string of the molecule is C=CCOCC=C.Cl.N. The number of halogens is 1. The van der Waals surface area contributed by atoms with Gasteiger partial charge >= 0.3 is 0 Å². The Kier molecular flexibility index (Phi) is 27.6. The van der Waals surface area contributed by atoms with Crippen molar-refractivity contribution < 1.29 is 4.74 Å². The molecule has 0 atom stereocenters. The van der Waals surface area contributed by atoms with Crippen LogP contribution in [0.15, 0.2) is 25.3 Å². The number of hydrogen-bond donors (Lipinski definition) is 1. The highest BCUT2D eigenvalue weighted by Crippen LogP contribution is 1.72. The van der Waals surface area contributed by atoms with Crippen molar-refractivity contribution >= 4 is 12.4 Å². The molecule has 0 aliphatic carbocycles. The first-order valence-corrected chi connectivity index (χ1v) is 2.21. The summed E-state index contributed by atoms with van der Waals surface area (Å²) in [5.41, 5.74) is 0. The molecule has 0 aliphatic rings. The van der Waals surface area contributed by atoms with Crippen LogP contribution in [0.1, 0.15) is 0 Å². The maximum Gasteiger partial charge on any atom is 0.0649 e. The van der Waals surface area contributed by atoms with Gasteiger partial charge in [-0.25, -0.2) is 0 Å². The Morgan fingerprint density at radius 3 is 1.67 bits per heavy atom. The van der Waals surface area contributed by atoms with Gasteiger partial charge in [-0.15, -0.1) is 25.6 Å². The van der Waals surface area contributed by atoms with Crippen molar-refractivity contribution in [2.45, 2.75) is 0 Å². The highest BCUT2D eigenvalue weighted by molar-refractivity contribution is 5.85. The molecule has 0 aliphatic heterocycles. The summed E-state index contributed by atoms with van der Waals surface area (Å²) < 4.78 is 4.90. The molecule has 0 amide bonds. The first-order valence-electron chi connectivity index (χ1n) is 2.21. The molecule has 2 nitrogen and oxygen atoms in total. The molecular formula is C6H14ClNO. The van der Waals surface area contributed by atoms with E-state index in [1.807, 2.05) is 0 Å². The Balaban J connectivity index is -0.000000180. The molecule has 0 spiro atoms. The Bertz CT molecular complexity index is 58.1. The summed E-state index contributed by atoms with van der Waals surface area (Å²) in [4.78, 5) is 0. The van der Waals surface area contributed by atoms with E-state index < -0.39 is 0 Å². The van der Waals surface area contributed by atoms with Crippen LogP contribution in [0.2, 0.25) is 0 Å². The first-order chi connectivity index (χ1) is 3.41. The minimum atomic E-state index is 0. The van der Waals surface area contributed by atoms with Crippen molar-refractivity contribution in [1.29, 1.82) is 0 Å². The third-order valence-corrected chi connectivity index (χ3v) is 0.471. The Labute approximate surface area is 62.6 Å². The number of hydrogen-bond acceptors (Lipinski definition) is 2. The fourth-order valence-corrected chi connectivity index (χ4v) is 0.235. The largest absolute Gasteiger partial charge is 0.373 e. The molecule has 56 valence electrons. The molecule has 0 fully saturated rings. The van der Waals surface area contributed by atoms with Crippen molar-refractivity contribution in [3.8, 4) is 0 Å². The maximum absolute atomic E-state index is 4.90. The third kappa shape index (κ3) is 18.3. The second-order valence-corrected chi connectivity index (χ2v) is 1.11. The van der Waals surface area contributed by atoms with Crippen LogP contribution >= 0.6 is 12.4 Å². The van der Waals surface area contributed by atoms with Crippen molar-refractivity contribution in [3.05, 3.63) is 25.3 Å². The third-order valence-electron chi connectivity index (χ3n) is 0.471. The average molecular weight is 152 g/mol. The van der Waals surface area contributed by atoms with Crippen LogP contribution in [-0.2, 0) is 4.74 Å². The topological polar surface area (TPSA) is 44.2 Å². The molecule has 0 aromatic rings. The van der Waals surface area contributed by atoms with Gasteiger partial charge in [0.05, 0.1) is 13.2 Å². The highest BCUT2D eigenvalue weighted by Gasteiger charge is 1.70. The summed E-state index contributed by atoms with van der Waals surface area (Å²) in [6.07, 6.45) is 3.42. The maximum atomic E-state index is 4.90. The van der Waals surface area contributed by atoms with Crippen LogP contribution in [0.25, 0.3) is 0 Å². The van der Waals surface area contributed by atoms with Crippen LogP contribution in [0, 0.1) is 0 Å². The summed E-state index contributed by atoms with van der Waals surface area (Å²) in [7, 11) is 0. The van der Waals surface area contributed by atoms with Crippen molar-refractivity contribution in [1.82, 2.24) is 6.15 Å². The molecule has 9 heavy (non-hydrogen) atoms. The summed E-state index contributed by atoms with van der Waals surface area (Å²) >= 11 is 0. The van der Waals surface area contributed by atoms with Gasteiger partial charge in [-0.3, -0.25) is 0 Å². The minimum Gasteiger partial charge on any atom is -0.373 e. The van der Waals surface area contributed by atoms with E-state index in [9.17, 15) is 0 Å². The molecule has 0 aromatic carbocycles. The van der Waals surface area contributed by atoms with Gasteiger partial charge in [-0.05, 0) is 0 Å². The molecule has 0 saturated carbocycles. The van der Waals surface area contributed by atoms with Gasteiger partial charge in [0.1, 0.15) is 0 Å². The molecule has 0 saturated heterocycles. The fourth-order valence-electron chi connectivity index (χ4n) is 0.235. The average Bonchev–Trinajstić information content (AvgIpc) is 1.69. The molecule has 0 rings (SSSR count). The second kappa shape index (κ2) is 15.6. The van der Waals surface area contributed by atoms with Crippen LogP contribution in [-0.4, -0.2) is 13.2 Å². The zero-order chi connectivity index (χ0) is 5.54. The highest BCUT2D eigenvalue weighted by atomic mass is 35.5. The van der Waals surface area contributed by atoms with Crippen LogP contribution < -0.4 is 6.15 Å². The Morgan fingerprint density at radius 2 is 1.44 bits per heavy atom. The van der Waals surface area contributed by atoms with Crippen molar-refractivity contribution in [2.75, 3.05) is 13.2 Å². The normalized spacial score (nSPS) is 6.22. The number of rotatable bonds is 4. The molecule has 0 heterocycles. The van der Waals surface area contributed by atoms with E-state index in [-0.39, 0.29) is 18.6 Å². The van der Waals surface area contributed by atoms with E-state index in [2.05, 4.69) is 13.2 Å². The molecule has 0 bridgehead atoms. The predicted molar refractivity (Wildman–Crippen MR) is 43.5 cm³/mol. The lowest BCUT2D eigenvalue weighted by atomic mass is 10.6. The van der Waals surface area contributed by atoms with E-state index in [0.29, 0.717) is 13.2 Å². The molecular weight excluding hydrogens is 138 g/mol. The predicted octanol–water partition coefficient (Wildman–Crippen LogP) is 1.96. The monoisotopic (exact) mass is 151 g/mol. The second-order valence-electron chi connectivity index (χ2n) is 1.11. The summed E-state index contributed by atoms with van der Waals surface area (Å²) in [5.74, 6) is 0. The Hall–Kier alpha value is -0.310. The zero-order valence-electron chi connectivity index (χ0n) is 5.51. The lowest BCUT2D eigenvalue weighted by Gasteiger charge is -1.89.